The molecule has 3 nitrogen and oxygen atoms in total. The zero-order valence-electron chi connectivity index (χ0n) is 10.7. The van der Waals surface area contributed by atoms with Gasteiger partial charge in [0, 0.05) is 12.2 Å². The van der Waals surface area contributed by atoms with E-state index < -0.39 is 0 Å². The number of nitrogens with zero attached hydrogens (tertiary/aromatic N) is 1. The van der Waals surface area contributed by atoms with Gasteiger partial charge < -0.3 is 10.1 Å². The third-order valence-electron chi connectivity index (χ3n) is 2.24. The van der Waals surface area contributed by atoms with E-state index in [2.05, 4.69) is 24.1 Å². The lowest BCUT2D eigenvalue weighted by Crippen LogP contribution is -2.17. The fourth-order valence-corrected chi connectivity index (χ4v) is 1.59. The minimum Gasteiger partial charge on any atom is -0.487 e. The average molecular weight is 222 g/mol. The van der Waals surface area contributed by atoms with Crippen molar-refractivity contribution in [1.82, 2.24) is 4.98 Å². The van der Waals surface area contributed by atoms with E-state index in [4.69, 9.17) is 4.74 Å². The highest BCUT2D eigenvalue weighted by Gasteiger charge is 2.08. The van der Waals surface area contributed by atoms with Crippen LogP contribution < -0.4 is 10.1 Å². The Hall–Kier alpha value is -1.25. The molecule has 1 aromatic heterocycles. The fourth-order valence-electron chi connectivity index (χ4n) is 1.59. The van der Waals surface area contributed by atoms with Crippen molar-refractivity contribution in [3.8, 4) is 5.75 Å². The highest BCUT2D eigenvalue weighted by molar-refractivity contribution is 5.50. The molecule has 0 aliphatic rings. The summed E-state index contributed by atoms with van der Waals surface area (Å²) in [5, 5.41) is 3.38. The third-order valence-corrected chi connectivity index (χ3v) is 2.24. The van der Waals surface area contributed by atoms with Gasteiger partial charge in [-0.15, -0.1) is 0 Å². The highest BCUT2D eigenvalue weighted by atomic mass is 16.5. The number of aromatic nitrogens is 1. The Kier molecular flexibility index (Phi) is 5.09. The van der Waals surface area contributed by atoms with Crippen molar-refractivity contribution in [3.05, 3.63) is 18.3 Å². The van der Waals surface area contributed by atoms with Gasteiger partial charge in [-0.25, -0.2) is 4.98 Å². The lowest BCUT2D eigenvalue weighted by molar-refractivity contribution is 0.242. The second-order valence-electron chi connectivity index (χ2n) is 4.35. The molecule has 0 spiro atoms. The number of ether oxygens (including phenoxy) is 1. The lowest BCUT2D eigenvalue weighted by atomic mass is 10.2. The number of pyridine rings is 1. The van der Waals surface area contributed by atoms with Crippen molar-refractivity contribution >= 4 is 5.82 Å². The number of hydrogen-bond donors (Lipinski definition) is 1. The van der Waals surface area contributed by atoms with Crippen molar-refractivity contribution in [2.24, 2.45) is 0 Å². The lowest BCUT2D eigenvalue weighted by Gasteiger charge is -2.18. The number of hydrogen-bond acceptors (Lipinski definition) is 3. The molecule has 1 N–H and O–H groups in total. The summed E-state index contributed by atoms with van der Waals surface area (Å²) in [6, 6.07) is 4.27. The minimum atomic E-state index is 0.172. The van der Waals surface area contributed by atoms with Gasteiger partial charge in [0.2, 0.25) is 0 Å². The van der Waals surface area contributed by atoms with Crippen LogP contribution in [0, 0.1) is 0 Å². The fraction of sp³-hybridized carbons (Fsp3) is 0.615. The molecule has 0 amide bonds. The topological polar surface area (TPSA) is 34.2 Å². The van der Waals surface area contributed by atoms with E-state index in [0.29, 0.717) is 6.04 Å². The van der Waals surface area contributed by atoms with Crippen LogP contribution in [0.2, 0.25) is 0 Å². The van der Waals surface area contributed by atoms with Crippen molar-refractivity contribution in [2.75, 3.05) is 5.32 Å². The Balaban J connectivity index is 2.70. The zero-order valence-corrected chi connectivity index (χ0v) is 10.7. The summed E-state index contributed by atoms with van der Waals surface area (Å²) < 4.78 is 5.70. The van der Waals surface area contributed by atoms with E-state index >= 15 is 0 Å². The Morgan fingerprint density at radius 3 is 2.75 bits per heavy atom. The molecule has 0 saturated carbocycles. The van der Waals surface area contributed by atoms with E-state index in [-0.39, 0.29) is 6.10 Å². The molecule has 0 aliphatic heterocycles. The summed E-state index contributed by atoms with van der Waals surface area (Å²) in [5.74, 6) is 1.68. The summed E-state index contributed by atoms with van der Waals surface area (Å²) in [4.78, 5) is 4.32. The molecule has 1 atom stereocenters. The molecule has 0 aromatic carbocycles. The molecule has 0 saturated heterocycles. The van der Waals surface area contributed by atoms with Crippen LogP contribution in [0.3, 0.4) is 0 Å². The van der Waals surface area contributed by atoms with Crippen LogP contribution in [0.25, 0.3) is 0 Å². The summed E-state index contributed by atoms with van der Waals surface area (Å²) >= 11 is 0. The van der Waals surface area contributed by atoms with Crippen molar-refractivity contribution in [1.29, 1.82) is 0 Å². The smallest absolute Gasteiger partial charge is 0.168 e. The summed E-state index contributed by atoms with van der Waals surface area (Å²) in [6.07, 6.45) is 4.26. The maximum absolute atomic E-state index is 5.70. The Morgan fingerprint density at radius 1 is 1.38 bits per heavy atom. The molecule has 1 rings (SSSR count). The van der Waals surface area contributed by atoms with Gasteiger partial charge in [0.1, 0.15) is 0 Å². The molecule has 0 fully saturated rings. The molecule has 16 heavy (non-hydrogen) atoms. The van der Waals surface area contributed by atoms with Gasteiger partial charge in [-0.3, -0.25) is 0 Å². The van der Waals surface area contributed by atoms with E-state index in [0.717, 1.165) is 18.0 Å². The van der Waals surface area contributed by atoms with E-state index in [1.54, 1.807) is 6.20 Å². The Labute approximate surface area is 98.2 Å². The Bertz CT molecular complexity index is 313. The molecule has 0 radical (unpaired) electrons. The molecule has 0 bridgehead atoms. The van der Waals surface area contributed by atoms with Gasteiger partial charge in [0.15, 0.2) is 11.6 Å². The van der Waals surface area contributed by atoms with Gasteiger partial charge in [0.25, 0.3) is 0 Å². The summed E-state index contributed by atoms with van der Waals surface area (Å²) in [7, 11) is 0. The number of rotatable bonds is 6. The van der Waals surface area contributed by atoms with Crippen LogP contribution in [-0.2, 0) is 0 Å². The van der Waals surface area contributed by atoms with Crippen LogP contribution in [0.4, 0.5) is 5.82 Å². The van der Waals surface area contributed by atoms with Crippen LogP contribution in [0.1, 0.15) is 40.5 Å². The van der Waals surface area contributed by atoms with Crippen LogP contribution in [0.5, 0.6) is 5.75 Å². The quantitative estimate of drug-likeness (QED) is 0.800. The first-order chi connectivity index (χ1) is 7.63. The first-order valence-corrected chi connectivity index (χ1v) is 6.01. The molecule has 1 aromatic rings. The molecular weight excluding hydrogens is 200 g/mol. The SMILES string of the molecule is CCCC(C)Nc1ncccc1OC(C)C. The maximum atomic E-state index is 5.70. The minimum absolute atomic E-state index is 0.172. The molecular formula is C13H22N2O. The molecule has 3 heteroatoms. The zero-order chi connectivity index (χ0) is 12.0. The van der Waals surface area contributed by atoms with Crippen LogP contribution >= 0.6 is 0 Å². The number of nitrogens with one attached hydrogen (secondary N) is 1. The summed E-state index contributed by atoms with van der Waals surface area (Å²) in [6.45, 7) is 8.39. The van der Waals surface area contributed by atoms with Gasteiger partial charge in [-0.1, -0.05) is 13.3 Å². The molecule has 90 valence electrons. The van der Waals surface area contributed by atoms with Crippen molar-refractivity contribution < 1.29 is 4.74 Å². The van der Waals surface area contributed by atoms with Gasteiger partial charge in [-0.05, 0) is 39.3 Å². The van der Waals surface area contributed by atoms with Gasteiger partial charge >= 0.3 is 0 Å². The largest absolute Gasteiger partial charge is 0.487 e. The molecule has 1 unspecified atom stereocenters. The van der Waals surface area contributed by atoms with Crippen LogP contribution in [0.15, 0.2) is 18.3 Å². The average Bonchev–Trinajstić information content (AvgIpc) is 2.20. The second-order valence-corrected chi connectivity index (χ2v) is 4.35. The standard InChI is InChI=1S/C13H22N2O/c1-5-7-11(4)15-13-12(16-10(2)3)8-6-9-14-13/h6,8-11H,5,7H2,1-4H3,(H,14,15). The monoisotopic (exact) mass is 222 g/mol. The second kappa shape index (κ2) is 6.36. The Morgan fingerprint density at radius 2 is 2.12 bits per heavy atom. The third kappa shape index (κ3) is 4.09. The van der Waals surface area contributed by atoms with Gasteiger partial charge in [-0.2, -0.15) is 0 Å². The first-order valence-electron chi connectivity index (χ1n) is 6.01. The van der Waals surface area contributed by atoms with E-state index in [9.17, 15) is 0 Å². The molecule has 1 heterocycles. The van der Waals surface area contributed by atoms with Crippen molar-refractivity contribution in [2.45, 2.75) is 52.7 Å². The van der Waals surface area contributed by atoms with Crippen molar-refractivity contribution in [3.63, 3.8) is 0 Å². The van der Waals surface area contributed by atoms with E-state index in [1.807, 2.05) is 26.0 Å². The van der Waals surface area contributed by atoms with Gasteiger partial charge in [0.05, 0.1) is 6.10 Å². The number of anilines is 1. The predicted molar refractivity (Wildman–Crippen MR) is 68.0 cm³/mol. The van der Waals surface area contributed by atoms with Crippen LogP contribution in [-0.4, -0.2) is 17.1 Å². The molecule has 0 aliphatic carbocycles. The normalized spacial score (nSPS) is 12.6. The maximum Gasteiger partial charge on any atom is 0.168 e. The highest BCUT2D eigenvalue weighted by Crippen LogP contribution is 2.23. The predicted octanol–water partition coefficient (Wildman–Crippen LogP) is 3.47. The first kappa shape index (κ1) is 12.8. The summed E-state index contributed by atoms with van der Waals surface area (Å²) in [5.41, 5.74) is 0. The van der Waals surface area contributed by atoms with E-state index in [1.165, 1.54) is 6.42 Å².